The van der Waals surface area contributed by atoms with Crippen LogP contribution in [0.5, 0.6) is 0 Å². The molecule has 0 unspecified atom stereocenters. The molecular weight excluding hydrogens is 380 g/mol. The second kappa shape index (κ2) is 11.1. The van der Waals surface area contributed by atoms with Crippen LogP contribution in [0.2, 0.25) is 0 Å². The lowest BCUT2D eigenvalue weighted by Gasteiger charge is -2.08. The Bertz CT molecular complexity index is 993. The number of carbonyl (C=O) groups excluding carboxylic acids is 1. The van der Waals surface area contributed by atoms with Crippen molar-refractivity contribution in [3.63, 3.8) is 0 Å². The van der Waals surface area contributed by atoms with Gasteiger partial charge in [-0.3, -0.25) is 20.6 Å². The monoisotopic (exact) mass is 404 g/mol. The predicted molar refractivity (Wildman–Crippen MR) is 120 cm³/mol. The van der Waals surface area contributed by atoms with Crippen LogP contribution in [0.3, 0.4) is 0 Å². The van der Waals surface area contributed by atoms with Gasteiger partial charge >= 0.3 is 0 Å². The number of benzene rings is 1. The zero-order valence-corrected chi connectivity index (χ0v) is 16.6. The number of carbonyl (C=O) groups is 1. The van der Waals surface area contributed by atoms with Crippen molar-refractivity contribution in [2.24, 2.45) is 5.73 Å². The molecule has 154 valence electrons. The zero-order chi connectivity index (χ0) is 21.9. The molecule has 1 aromatic heterocycles. The smallest absolute Gasteiger partial charge is 0.248 e. The Kier molecular flexibility index (Phi) is 8.19. The highest BCUT2D eigenvalue weighted by atomic mass is 16.5. The van der Waals surface area contributed by atoms with Gasteiger partial charge in [-0.25, -0.2) is 0 Å². The van der Waals surface area contributed by atoms with Crippen molar-refractivity contribution < 1.29 is 9.53 Å². The summed E-state index contributed by atoms with van der Waals surface area (Å²) in [7, 11) is 0. The predicted octanol–water partition coefficient (Wildman–Crippen LogP) is 3.61. The molecule has 0 bridgehead atoms. The minimum atomic E-state index is -0.302. The van der Waals surface area contributed by atoms with Crippen molar-refractivity contribution in [1.29, 1.82) is 16.2 Å². The van der Waals surface area contributed by atoms with Crippen LogP contribution in [0.1, 0.15) is 30.0 Å². The number of rotatable bonds is 9. The van der Waals surface area contributed by atoms with Gasteiger partial charge in [0.15, 0.2) is 12.3 Å². The Morgan fingerprint density at radius 1 is 1.23 bits per heavy atom. The number of pyridine rings is 1. The normalized spacial score (nSPS) is 11.2. The first kappa shape index (κ1) is 22.2. The van der Waals surface area contributed by atoms with Crippen LogP contribution in [0.4, 0.5) is 5.69 Å². The summed E-state index contributed by atoms with van der Waals surface area (Å²) in [5.41, 5.74) is 9.58. The summed E-state index contributed by atoms with van der Waals surface area (Å²) in [4.78, 5) is 16.4. The van der Waals surface area contributed by atoms with E-state index >= 15 is 0 Å². The van der Waals surface area contributed by atoms with Crippen LogP contribution in [0.25, 0.3) is 11.6 Å². The first-order valence-electron chi connectivity index (χ1n) is 9.17. The average Bonchev–Trinajstić information content (AvgIpc) is 2.73. The van der Waals surface area contributed by atoms with Gasteiger partial charge in [0.05, 0.1) is 0 Å². The Labute approximate surface area is 175 Å². The molecular formula is C22H24N6O2. The van der Waals surface area contributed by atoms with Crippen LogP contribution in [0.15, 0.2) is 55.0 Å². The van der Waals surface area contributed by atoms with Gasteiger partial charge in [0, 0.05) is 53.6 Å². The highest BCUT2D eigenvalue weighted by Gasteiger charge is 2.08. The number of hydrogen-bond donors (Lipinski definition) is 5. The molecule has 1 heterocycles. The minimum absolute atomic E-state index is 0.0353. The quantitative estimate of drug-likeness (QED) is 0.246. The number of nitrogens with zero attached hydrogens (tertiary/aromatic N) is 1. The molecule has 2 rings (SSSR count). The van der Waals surface area contributed by atoms with Crippen LogP contribution in [0, 0.1) is 16.2 Å². The van der Waals surface area contributed by atoms with E-state index in [-0.39, 0.29) is 11.8 Å². The number of aryl methyl sites for hydroxylation is 1. The SMILES string of the molecule is CC(=N)/C(=C\N)c1ccncc1/C=C/C(=O)Nc1ccc(CCC(=N)OC=N)cc1. The van der Waals surface area contributed by atoms with E-state index in [0.29, 0.717) is 35.4 Å². The highest BCUT2D eigenvalue weighted by molar-refractivity contribution is 6.21. The molecule has 0 spiro atoms. The maximum atomic E-state index is 12.3. The van der Waals surface area contributed by atoms with E-state index in [1.807, 2.05) is 12.1 Å². The molecule has 30 heavy (non-hydrogen) atoms. The first-order valence-corrected chi connectivity index (χ1v) is 9.17. The van der Waals surface area contributed by atoms with E-state index < -0.39 is 0 Å². The van der Waals surface area contributed by atoms with Crippen LogP contribution in [-0.4, -0.2) is 28.9 Å². The van der Waals surface area contributed by atoms with E-state index in [0.717, 1.165) is 17.5 Å². The number of allylic oxidation sites excluding steroid dienone is 1. The maximum Gasteiger partial charge on any atom is 0.248 e. The fraction of sp³-hybridized carbons (Fsp3) is 0.136. The number of amides is 1. The summed E-state index contributed by atoms with van der Waals surface area (Å²) < 4.78 is 4.68. The number of anilines is 1. The molecule has 2 aromatic rings. The van der Waals surface area contributed by atoms with Gasteiger partial charge in [-0.2, -0.15) is 0 Å². The molecule has 1 amide bonds. The summed E-state index contributed by atoms with van der Waals surface area (Å²) in [6.07, 6.45) is 9.36. The number of aromatic nitrogens is 1. The topological polar surface area (TPSA) is 149 Å². The standard InChI is InChI=1S/C22H24N6O2/c1-15(25)20(12-23)19-10-11-27-13-17(19)5-9-22(29)28-18-6-2-16(3-7-18)4-8-21(26)30-14-24/h2-3,5-7,9-14,24-26H,4,8,23H2,1H3,(H,28,29)/b9-5+,20-12+,24-14?,25-15?,26-21?. The maximum absolute atomic E-state index is 12.3. The minimum Gasteiger partial charge on any atom is -0.433 e. The second-order valence-corrected chi connectivity index (χ2v) is 6.35. The van der Waals surface area contributed by atoms with Gasteiger partial charge in [0.25, 0.3) is 0 Å². The molecule has 1 aromatic carbocycles. The van der Waals surface area contributed by atoms with E-state index in [4.69, 9.17) is 22.0 Å². The molecule has 6 N–H and O–H groups in total. The Hall–Kier alpha value is -4.07. The third-order valence-electron chi connectivity index (χ3n) is 4.19. The van der Waals surface area contributed by atoms with Crippen molar-refractivity contribution in [2.45, 2.75) is 19.8 Å². The summed E-state index contributed by atoms with van der Waals surface area (Å²) in [6.45, 7) is 1.65. The lowest BCUT2D eigenvalue weighted by molar-refractivity contribution is -0.111. The highest BCUT2D eigenvalue weighted by Crippen LogP contribution is 2.20. The molecule has 8 heteroatoms. The van der Waals surface area contributed by atoms with Gasteiger partial charge in [-0.05, 0) is 48.7 Å². The van der Waals surface area contributed by atoms with E-state index in [2.05, 4.69) is 15.0 Å². The molecule has 0 saturated heterocycles. The Morgan fingerprint density at radius 2 is 1.97 bits per heavy atom. The molecule has 0 atom stereocenters. The van der Waals surface area contributed by atoms with Gasteiger partial charge < -0.3 is 21.2 Å². The largest absolute Gasteiger partial charge is 0.433 e. The van der Waals surface area contributed by atoms with E-state index in [1.165, 1.54) is 12.3 Å². The molecule has 0 aliphatic carbocycles. The van der Waals surface area contributed by atoms with Crippen molar-refractivity contribution in [3.8, 4) is 0 Å². The Balaban J connectivity index is 2.01. The van der Waals surface area contributed by atoms with Crippen LogP contribution >= 0.6 is 0 Å². The zero-order valence-electron chi connectivity index (χ0n) is 16.6. The van der Waals surface area contributed by atoms with Crippen molar-refractivity contribution >= 4 is 41.3 Å². The van der Waals surface area contributed by atoms with Gasteiger partial charge in [-0.15, -0.1) is 0 Å². The second-order valence-electron chi connectivity index (χ2n) is 6.35. The molecule has 0 aliphatic heterocycles. The van der Waals surface area contributed by atoms with Crippen molar-refractivity contribution in [2.75, 3.05) is 5.32 Å². The summed E-state index contributed by atoms with van der Waals surface area (Å²) in [5.74, 6) is -0.267. The lowest BCUT2D eigenvalue weighted by atomic mass is 9.99. The number of nitrogens with one attached hydrogen (secondary N) is 4. The number of ether oxygens (including phenoxy) is 1. The van der Waals surface area contributed by atoms with E-state index in [1.54, 1.807) is 43.6 Å². The van der Waals surface area contributed by atoms with Gasteiger partial charge in [0.1, 0.15) is 0 Å². The van der Waals surface area contributed by atoms with E-state index in [9.17, 15) is 4.79 Å². The fourth-order valence-electron chi connectivity index (χ4n) is 2.69. The molecule has 0 saturated carbocycles. The van der Waals surface area contributed by atoms with Crippen molar-refractivity contribution in [1.82, 2.24) is 4.98 Å². The van der Waals surface area contributed by atoms with Gasteiger partial charge in [-0.1, -0.05) is 12.1 Å². The van der Waals surface area contributed by atoms with Crippen molar-refractivity contribution in [3.05, 3.63) is 71.7 Å². The van der Waals surface area contributed by atoms with Crippen LogP contribution in [-0.2, 0) is 16.0 Å². The fourth-order valence-corrected chi connectivity index (χ4v) is 2.69. The number of hydrogen-bond acceptors (Lipinski definition) is 7. The third-order valence-corrected chi connectivity index (χ3v) is 4.19. The number of nitrogens with two attached hydrogens (primary N) is 1. The lowest BCUT2D eigenvalue weighted by Crippen LogP contribution is -2.08. The average molecular weight is 404 g/mol. The van der Waals surface area contributed by atoms with Crippen LogP contribution < -0.4 is 11.1 Å². The first-order chi connectivity index (χ1) is 14.4. The van der Waals surface area contributed by atoms with Gasteiger partial charge in [0.2, 0.25) is 5.91 Å². The molecule has 8 nitrogen and oxygen atoms in total. The molecule has 0 radical (unpaired) electrons. The molecule has 0 aliphatic rings. The third kappa shape index (κ3) is 6.52. The summed E-state index contributed by atoms with van der Waals surface area (Å²) in [6, 6.07) is 9.04. The molecule has 0 fully saturated rings. The Morgan fingerprint density at radius 3 is 2.60 bits per heavy atom. The summed E-state index contributed by atoms with van der Waals surface area (Å²) >= 11 is 0. The summed E-state index contributed by atoms with van der Waals surface area (Å²) in [5, 5.41) is 24.9.